The van der Waals surface area contributed by atoms with Crippen LogP contribution in [-0.4, -0.2) is 51.9 Å². The first-order valence-electron chi connectivity index (χ1n) is 9.18. The fourth-order valence-electron chi connectivity index (χ4n) is 3.67. The number of methoxy groups -OCH3 is 1. The molecule has 7 nitrogen and oxygen atoms in total. The summed E-state index contributed by atoms with van der Waals surface area (Å²) in [7, 11) is 1.64. The zero-order valence-corrected chi connectivity index (χ0v) is 15.7. The highest BCUT2D eigenvalue weighted by Crippen LogP contribution is 2.25. The van der Waals surface area contributed by atoms with E-state index in [4.69, 9.17) is 9.84 Å². The second kappa shape index (κ2) is 8.24. The standard InChI is InChI=1S/C20H25N3O4/c1-14-17(20(25)26)13-21-23(14)16-9-11-22(12-10-16)19(24)8-7-15-5-3-4-6-18(15)27-2/h3-6,13,16H,7-12H2,1-2H3,(H,25,26). The van der Waals surface area contributed by atoms with Crippen molar-refractivity contribution < 1.29 is 19.4 Å². The number of ether oxygens (including phenoxy) is 1. The van der Waals surface area contributed by atoms with Crippen molar-refractivity contribution >= 4 is 11.9 Å². The zero-order valence-electron chi connectivity index (χ0n) is 15.7. The molecule has 1 amide bonds. The van der Waals surface area contributed by atoms with E-state index >= 15 is 0 Å². The number of benzene rings is 1. The van der Waals surface area contributed by atoms with Gasteiger partial charge in [-0.25, -0.2) is 4.79 Å². The van der Waals surface area contributed by atoms with Gasteiger partial charge in [-0.05, 0) is 37.8 Å². The van der Waals surface area contributed by atoms with Crippen molar-refractivity contribution in [1.82, 2.24) is 14.7 Å². The van der Waals surface area contributed by atoms with Gasteiger partial charge in [-0.3, -0.25) is 9.48 Å². The van der Waals surface area contributed by atoms with Crippen LogP contribution in [0.4, 0.5) is 0 Å². The van der Waals surface area contributed by atoms with Gasteiger partial charge in [-0.1, -0.05) is 18.2 Å². The van der Waals surface area contributed by atoms with E-state index in [1.807, 2.05) is 29.2 Å². The summed E-state index contributed by atoms with van der Waals surface area (Å²) < 4.78 is 7.13. The Morgan fingerprint density at radius 1 is 1.26 bits per heavy atom. The number of aromatic nitrogens is 2. The molecule has 1 aromatic heterocycles. The molecule has 0 spiro atoms. The Balaban J connectivity index is 1.54. The maximum absolute atomic E-state index is 12.6. The summed E-state index contributed by atoms with van der Waals surface area (Å²) in [5.41, 5.74) is 1.95. The predicted molar refractivity (Wildman–Crippen MR) is 100 cm³/mol. The number of nitrogens with zero attached hydrogens (tertiary/aromatic N) is 3. The molecule has 1 aliphatic heterocycles. The lowest BCUT2D eigenvalue weighted by atomic mass is 10.0. The Morgan fingerprint density at radius 3 is 2.59 bits per heavy atom. The Kier molecular flexibility index (Phi) is 5.78. The number of amides is 1. The number of hydrogen-bond donors (Lipinski definition) is 1. The van der Waals surface area contributed by atoms with Gasteiger partial charge in [0.1, 0.15) is 11.3 Å². The van der Waals surface area contributed by atoms with Gasteiger partial charge in [0.2, 0.25) is 5.91 Å². The lowest BCUT2D eigenvalue weighted by Gasteiger charge is -2.32. The van der Waals surface area contributed by atoms with E-state index in [1.54, 1.807) is 18.7 Å². The third-order valence-electron chi connectivity index (χ3n) is 5.24. The molecule has 0 unspecified atom stereocenters. The molecular formula is C20H25N3O4. The van der Waals surface area contributed by atoms with Crippen molar-refractivity contribution in [2.75, 3.05) is 20.2 Å². The number of hydrogen-bond acceptors (Lipinski definition) is 4. The van der Waals surface area contributed by atoms with Crippen LogP contribution in [0.3, 0.4) is 0 Å². The minimum Gasteiger partial charge on any atom is -0.496 e. The molecule has 0 radical (unpaired) electrons. The molecule has 1 aromatic carbocycles. The topological polar surface area (TPSA) is 84.7 Å². The minimum atomic E-state index is -0.956. The smallest absolute Gasteiger partial charge is 0.339 e. The quantitative estimate of drug-likeness (QED) is 0.844. The number of carbonyl (C=O) groups is 2. The maximum Gasteiger partial charge on any atom is 0.339 e. The largest absolute Gasteiger partial charge is 0.496 e. The van der Waals surface area contributed by atoms with Crippen LogP contribution in [-0.2, 0) is 11.2 Å². The van der Waals surface area contributed by atoms with Crippen molar-refractivity contribution in [3.63, 3.8) is 0 Å². The fraction of sp³-hybridized carbons (Fsp3) is 0.450. The predicted octanol–water partition coefficient (Wildman–Crippen LogP) is 2.69. The normalized spacial score (nSPS) is 15.0. The van der Waals surface area contributed by atoms with Gasteiger partial charge in [0.15, 0.2) is 0 Å². The molecule has 27 heavy (non-hydrogen) atoms. The Labute approximate surface area is 158 Å². The summed E-state index contributed by atoms with van der Waals surface area (Å²) >= 11 is 0. The molecule has 1 saturated heterocycles. The second-order valence-corrected chi connectivity index (χ2v) is 6.82. The highest BCUT2D eigenvalue weighted by Gasteiger charge is 2.26. The molecule has 0 saturated carbocycles. The van der Waals surface area contributed by atoms with Gasteiger partial charge in [0.25, 0.3) is 0 Å². The summed E-state index contributed by atoms with van der Waals surface area (Å²) in [6.07, 6.45) is 4.07. The number of piperidine rings is 1. The van der Waals surface area contributed by atoms with E-state index in [9.17, 15) is 9.59 Å². The summed E-state index contributed by atoms with van der Waals surface area (Å²) in [6.45, 7) is 3.11. The van der Waals surface area contributed by atoms with Crippen LogP contribution in [0.15, 0.2) is 30.5 Å². The van der Waals surface area contributed by atoms with Crippen molar-refractivity contribution in [3.05, 3.63) is 47.3 Å². The molecule has 144 valence electrons. The lowest BCUT2D eigenvalue weighted by molar-refractivity contribution is -0.132. The van der Waals surface area contributed by atoms with Crippen LogP contribution in [0.25, 0.3) is 0 Å². The number of rotatable bonds is 6. The third-order valence-corrected chi connectivity index (χ3v) is 5.24. The number of carboxylic acids is 1. The van der Waals surface area contributed by atoms with Crippen molar-refractivity contribution in [1.29, 1.82) is 0 Å². The summed E-state index contributed by atoms with van der Waals surface area (Å²) in [5.74, 6) is -0.00197. The van der Waals surface area contributed by atoms with Crippen LogP contribution in [0, 0.1) is 6.92 Å². The molecule has 2 aromatic rings. The van der Waals surface area contributed by atoms with E-state index in [0.717, 1.165) is 24.2 Å². The maximum atomic E-state index is 12.6. The third kappa shape index (κ3) is 4.13. The number of carbonyl (C=O) groups excluding carboxylic acids is 1. The van der Waals surface area contributed by atoms with Gasteiger partial charge in [-0.2, -0.15) is 5.10 Å². The fourth-order valence-corrected chi connectivity index (χ4v) is 3.67. The second-order valence-electron chi connectivity index (χ2n) is 6.82. The van der Waals surface area contributed by atoms with E-state index < -0.39 is 5.97 Å². The first-order chi connectivity index (χ1) is 13.0. The Bertz CT molecular complexity index is 822. The van der Waals surface area contributed by atoms with Gasteiger partial charge in [0, 0.05) is 19.5 Å². The molecule has 0 bridgehead atoms. The first kappa shape index (κ1) is 18.9. The molecule has 1 fully saturated rings. The summed E-state index contributed by atoms with van der Waals surface area (Å²) in [6, 6.07) is 7.90. The molecule has 1 N–H and O–H groups in total. The number of aromatic carboxylic acids is 1. The minimum absolute atomic E-state index is 0.136. The van der Waals surface area contributed by atoms with Crippen molar-refractivity contribution in [2.24, 2.45) is 0 Å². The molecule has 0 aliphatic carbocycles. The van der Waals surface area contributed by atoms with Gasteiger partial charge in [0.05, 0.1) is 25.0 Å². The van der Waals surface area contributed by atoms with Gasteiger partial charge < -0.3 is 14.7 Å². The summed E-state index contributed by atoms with van der Waals surface area (Å²) in [4.78, 5) is 25.6. The Morgan fingerprint density at radius 2 is 1.96 bits per heavy atom. The van der Waals surface area contributed by atoms with Gasteiger partial charge in [-0.15, -0.1) is 0 Å². The molecule has 7 heteroatoms. The number of para-hydroxylation sites is 1. The average molecular weight is 371 g/mol. The molecule has 2 heterocycles. The van der Waals surface area contributed by atoms with E-state index in [2.05, 4.69) is 5.10 Å². The Hall–Kier alpha value is -2.83. The van der Waals surface area contributed by atoms with Crippen LogP contribution in [0.5, 0.6) is 5.75 Å². The summed E-state index contributed by atoms with van der Waals surface area (Å²) in [5, 5.41) is 13.4. The number of likely N-dealkylation sites (tertiary alicyclic amines) is 1. The van der Waals surface area contributed by atoms with E-state index in [1.165, 1.54) is 6.20 Å². The van der Waals surface area contributed by atoms with Crippen LogP contribution >= 0.6 is 0 Å². The molecular weight excluding hydrogens is 346 g/mol. The van der Waals surface area contributed by atoms with Gasteiger partial charge >= 0.3 is 5.97 Å². The monoisotopic (exact) mass is 371 g/mol. The van der Waals surface area contributed by atoms with Crippen LogP contribution in [0.2, 0.25) is 0 Å². The van der Waals surface area contributed by atoms with Crippen molar-refractivity contribution in [3.8, 4) is 5.75 Å². The van der Waals surface area contributed by atoms with E-state index in [0.29, 0.717) is 31.6 Å². The molecule has 1 aliphatic rings. The first-order valence-corrected chi connectivity index (χ1v) is 9.18. The highest BCUT2D eigenvalue weighted by atomic mass is 16.5. The highest BCUT2D eigenvalue weighted by molar-refractivity contribution is 5.88. The number of aryl methyl sites for hydroxylation is 1. The molecule has 0 atom stereocenters. The zero-order chi connectivity index (χ0) is 19.4. The average Bonchev–Trinajstić information content (AvgIpc) is 3.08. The van der Waals surface area contributed by atoms with Crippen LogP contribution in [0.1, 0.15) is 46.9 Å². The lowest BCUT2D eigenvalue weighted by Crippen LogP contribution is -2.39. The van der Waals surface area contributed by atoms with Crippen molar-refractivity contribution in [2.45, 2.75) is 38.6 Å². The number of carboxylic acid groups (broad SMARTS) is 1. The van der Waals surface area contributed by atoms with E-state index in [-0.39, 0.29) is 17.5 Å². The SMILES string of the molecule is COc1ccccc1CCC(=O)N1CCC(n2ncc(C(=O)O)c2C)CC1. The van der Waals surface area contributed by atoms with Crippen LogP contribution < -0.4 is 4.74 Å². The molecule has 3 rings (SSSR count).